The highest BCUT2D eigenvalue weighted by molar-refractivity contribution is 5.15. The summed E-state index contributed by atoms with van der Waals surface area (Å²) < 4.78 is 1.20. The Hall–Kier alpha value is -2.12. The van der Waals surface area contributed by atoms with Gasteiger partial charge >= 0.3 is 0 Å². The number of benzene rings is 2. The molecule has 0 radical (unpaired) electrons. The Morgan fingerprint density at radius 3 is 0.959 bits per heavy atom. The van der Waals surface area contributed by atoms with Crippen molar-refractivity contribution in [2.24, 2.45) is 0 Å². The van der Waals surface area contributed by atoms with Crippen LogP contribution < -0.4 is 0 Å². The van der Waals surface area contributed by atoms with Crippen LogP contribution in [0.25, 0.3) is 0 Å². The van der Waals surface area contributed by atoms with Gasteiger partial charge in [0.15, 0.2) is 0 Å². The van der Waals surface area contributed by atoms with E-state index in [0.717, 1.165) is 13.1 Å². The molecular weight excluding hydrogens is 591 g/mol. The van der Waals surface area contributed by atoms with Gasteiger partial charge in [0.05, 0.1) is 13.1 Å². The highest BCUT2D eigenvalue weighted by Crippen LogP contribution is 2.24. The molecule has 0 aliphatic heterocycles. The van der Waals surface area contributed by atoms with Gasteiger partial charge < -0.3 is 4.48 Å². The number of hydrogen-bond acceptors (Lipinski definition) is 0. The largest absolute Gasteiger partial charge is 0.316 e. The number of quaternary nitrogens is 1. The summed E-state index contributed by atoms with van der Waals surface area (Å²) in [5.74, 6) is 0. The Morgan fingerprint density at radius 2 is 0.633 bits per heavy atom. The molecule has 2 rings (SSSR count). The molecule has 276 valence electrons. The monoisotopic (exact) mass is 671 g/mol. The van der Waals surface area contributed by atoms with Gasteiger partial charge in [0.25, 0.3) is 0 Å². The van der Waals surface area contributed by atoms with E-state index in [1.807, 2.05) is 0 Å². The molecule has 0 N–H and O–H groups in total. The van der Waals surface area contributed by atoms with Crippen LogP contribution in [0.2, 0.25) is 0 Å². The predicted octanol–water partition coefficient (Wildman–Crippen LogP) is 15.5. The van der Waals surface area contributed by atoms with Gasteiger partial charge in [-0.1, -0.05) is 189 Å². The second-order valence-electron chi connectivity index (χ2n) is 15.2. The summed E-state index contributed by atoms with van der Waals surface area (Å²) in [7, 11) is 0. The summed E-state index contributed by atoms with van der Waals surface area (Å²) in [6.45, 7) is 9.49. The van der Waals surface area contributed by atoms with Crippen molar-refractivity contribution in [3.05, 3.63) is 96.1 Å². The maximum Gasteiger partial charge on any atom is 0.105 e. The van der Waals surface area contributed by atoms with Crippen molar-refractivity contribution < 1.29 is 4.48 Å². The minimum absolute atomic E-state index is 1.15. The zero-order valence-electron chi connectivity index (χ0n) is 32.7. The fourth-order valence-electron chi connectivity index (χ4n) is 7.46. The zero-order valence-corrected chi connectivity index (χ0v) is 32.7. The highest BCUT2D eigenvalue weighted by atomic mass is 15.3. The molecule has 0 aliphatic carbocycles. The smallest absolute Gasteiger partial charge is 0.105 e. The zero-order chi connectivity index (χ0) is 34.8. The Balaban J connectivity index is 1.75. The molecule has 0 bridgehead atoms. The molecule has 0 saturated heterocycles. The van der Waals surface area contributed by atoms with Crippen molar-refractivity contribution in [3.63, 3.8) is 0 Å². The molecule has 0 saturated carbocycles. The third-order valence-corrected chi connectivity index (χ3v) is 10.5. The standard InChI is InChI=1S/C48H80N/c1-3-5-7-9-11-13-15-17-19-21-23-25-27-29-37-43-49(45-47-39-33-31-34-40-47,46-48-41-35-32-36-42-48)44-38-30-28-26-24-22-20-18-16-14-12-10-8-6-4-2/h19-22,31-36,39-42H,3-18,23-30,37-38,43-46H2,1-2H3/q+1/b21-19+,22-20+. The van der Waals surface area contributed by atoms with E-state index in [0.29, 0.717) is 0 Å². The molecule has 2 aromatic rings. The van der Waals surface area contributed by atoms with Crippen molar-refractivity contribution in [1.29, 1.82) is 0 Å². The molecule has 49 heavy (non-hydrogen) atoms. The van der Waals surface area contributed by atoms with Gasteiger partial charge in [0.1, 0.15) is 13.1 Å². The van der Waals surface area contributed by atoms with E-state index in [1.165, 1.54) is 196 Å². The van der Waals surface area contributed by atoms with Gasteiger partial charge in [-0.25, -0.2) is 0 Å². The van der Waals surface area contributed by atoms with Gasteiger partial charge in [-0.15, -0.1) is 0 Å². The second kappa shape index (κ2) is 31.8. The average molecular weight is 671 g/mol. The highest BCUT2D eigenvalue weighted by Gasteiger charge is 2.27. The number of hydrogen-bond donors (Lipinski definition) is 0. The molecule has 1 heteroatoms. The SMILES string of the molecule is CCCCCCCCC/C=C/CCCCCC[N+](CCCCCC/C=C/CCCCCCCCC)(Cc1ccccc1)Cc1ccccc1. The molecule has 2 aromatic carbocycles. The van der Waals surface area contributed by atoms with Crippen LogP contribution >= 0.6 is 0 Å². The normalized spacial score (nSPS) is 12.1. The fraction of sp³-hybridized carbons (Fsp3) is 0.667. The molecule has 0 spiro atoms. The van der Waals surface area contributed by atoms with Crippen LogP contribution in [-0.2, 0) is 13.1 Å². The van der Waals surface area contributed by atoms with E-state index in [2.05, 4.69) is 98.8 Å². The summed E-state index contributed by atoms with van der Waals surface area (Å²) >= 11 is 0. The maximum atomic E-state index is 2.47. The Kier molecular flexibility index (Phi) is 28.0. The Morgan fingerprint density at radius 1 is 0.347 bits per heavy atom. The van der Waals surface area contributed by atoms with E-state index in [9.17, 15) is 0 Å². The van der Waals surface area contributed by atoms with Crippen LogP contribution in [0.5, 0.6) is 0 Å². The van der Waals surface area contributed by atoms with Crippen molar-refractivity contribution in [2.75, 3.05) is 13.1 Å². The minimum atomic E-state index is 1.15. The van der Waals surface area contributed by atoms with Gasteiger partial charge in [0, 0.05) is 11.1 Å². The van der Waals surface area contributed by atoms with Crippen LogP contribution in [0, 0.1) is 0 Å². The first kappa shape index (κ1) is 43.0. The average Bonchev–Trinajstić information content (AvgIpc) is 3.12. The maximum absolute atomic E-state index is 2.47. The lowest BCUT2D eigenvalue weighted by Gasteiger charge is -2.39. The number of allylic oxidation sites excluding steroid dienone is 4. The second-order valence-corrected chi connectivity index (χ2v) is 15.2. The van der Waals surface area contributed by atoms with Gasteiger partial charge in [0.2, 0.25) is 0 Å². The van der Waals surface area contributed by atoms with Gasteiger partial charge in [-0.3, -0.25) is 0 Å². The quantitative estimate of drug-likeness (QED) is 0.0395. The van der Waals surface area contributed by atoms with Crippen LogP contribution in [0.15, 0.2) is 85.0 Å². The lowest BCUT2D eigenvalue weighted by atomic mass is 10.0. The van der Waals surface area contributed by atoms with E-state index in [1.54, 1.807) is 0 Å². The summed E-state index contributed by atoms with van der Waals surface area (Å²) in [6, 6.07) is 22.7. The van der Waals surface area contributed by atoms with Crippen LogP contribution in [0.1, 0.15) is 192 Å². The lowest BCUT2D eigenvalue weighted by molar-refractivity contribution is -0.954. The van der Waals surface area contributed by atoms with Crippen molar-refractivity contribution >= 4 is 0 Å². The summed E-state index contributed by atoms with van der Waals surface area (Å²) in [5.41, 5.74) is 2.99. The molecule has 0 atom stereocenters. The summed E-state index contributed by atoms with van der Waals surface area (Å²) in [5, 5.41) is 0. The number of rotatable bonds is 34. The number of unbranched alkanes of at least 4 members (excludes halogenated alkanes) is 22. The molecule has 0 aromatic heterocycles. The molecule has 1 nitrogen and oxygen atoms in total. The third-order valence-electron chi connectivity index (χ3n) is 10.5. The molecule has 0 heterocycles. The first-order chi connectivity index (χ1) is 24.3. The molecular formula is C48H80N+. The topological polar surface area (TPSA) is 0 Å². The summed E-state index contributed by atoms with van der Waals surface area (Å²) in [6.07, 6.45) is 45.5. The Labute approximate surface area is 306 Å². The third kappa shape index (κ3) is 24.6. The van der Waals surface area contributed by atoms with Crippen LogP contribution in [0.4, 0.5) is 0 Å². The molecule has 0 unspecified atom stereocenters. The molecule has 0 aliphatic rings. The van der Waals surface area contributed by atoms with E-state index in [4.69, 9.17) is 0 Å². The fourth-order valence-corrected chi connectivity index (χ4v) is 7.46. The summed E-state index contributed by atoms with van der Waals surface area (Å²) in [4.78, 5) is 0. The van der Waals surface area contributed by atoms with E-state index < -0.39 is 0 Å². The van der Waals surface area contributed by atoms with Crippen LogP contribution in [-0.4, -0.2) is 17.6 Å². The molecule has 0 fully saturated rings. The minimum Gasteiger partial charge on any atom is -0.316 e. The number of nitrogens with zero attached hydrogens (tertiary/aromatic N) is 1. The van der Waals surface area contributed by atoms with Gasteiger partial charge in [-0.2, -0.15) is 0 Å². The first-order valence-corrected chi connectivity index (χ1v) is 21.5. The Bertz CT molecular complexity index is 922. The lowest BCUT2D eigenvalue weighted by Crippen LogP contribution is -2.48. The van der Waals surface area contributed by atoms with E-state index in [-0.39, 0.29) is 0 Å². The van der Waals surface area contributed by atoms with Crippen molar-refractivity contribution in [3.8, 4) is 0 Å². The van der Waals surface area contributed by atoms with E-state index >= 15 is 0 Å². The predicted molar refractivity (Wildman–Crippen MR) is 220 cm³/mol. The van der Waals surface area contributed by atoms with Crippen LogP contribution in [0.3, 0.4) is 0 Å². The van der Waals surface area contributed by atoms with Crippen molar-refractivity contribution in [2.45, 2.75) is 194 Å². The van der Waals surface area contributed by atoms with Crippen molar-refractivity contribution in [1.82, 2.24) is 0 Å². The van der Waals surface area contributed by atoms with Gasteiger partial charge in [-0.05, 0) is 77.0 Å². The first-order valence-electron chi connectivity index (χ1n) is 21.5. The molecule has 0 amide bonds.